The molecule has 3 rings (SSSR count). The van der Waals surface area contributed by atoms with Gasteiger partial charge in [0.05, 0.1) is 11.1 Å². The molecule has 2 heterocycles. The normalized spacial score (nSPS) is 18.9. The zero-order valence-corrected chi connectivity index (χ0v) is 13.7. The third kappa shape index (κ3) is 2.99. The van der Waals surface area contributed by atoms with Gasteiger partial charge < -0.3 is 10.6 Å². The molecule has 1 atom stereocenters. The predicted octanol–water partition coefficient (Wildman–Crippen LogP) is 3.20. The maximum Gasteiger partial charge on any atom is 0.139 e. The van der Waals surface area contributed by atoms with E-state index in [2.05, 4.69) is 24.0 Å². The highest BCUT2D eigenvalue weighted by Gasteiger charge is 2.23. The minimum Gasteiger partial charge on any atom is -0.389 e. The average Bonchev–Trinajstić information content (AvgIpc) is 2.53. The van der Waals surface area contributed by atoms with Crippen LogP contribution < -0.4 is 10.6 Å². The Morgan fingerprint density at radius 2 is 2.29 bits per heavy atom. The molecule has 0 saturated carbocycles. The van der Waals surface area contributed by atoms with E-state index in [1.807, 2.05) is 30.0 Å². The number of rotatable bonds is 3. The van der Waals surface area contributed by atoms with Gasteiger partial charge in [0, 0.05) is 29.5 Å². The van der Waals surface area contributed by atoms with Crippen LogP contribution >= 0.6 is 24.0 Å². The maximum absolute atomic E-state index is 5.94. The molecule has 110 valence electrons. The fraction of sp³-hybridized carbons (Fsp3) is 0.375. The summed E-state index contributed by atoms with van der Waals surface area (Å²) in [6.45, 7) is 4.26. The second-order valence-electron chi connectivity index (χ2n) is 5.26. The number of para-hydroxylation sites is 1. The van der Waals surface area contributed by atoms with Crippen LogP contribution in [0.5, 0.6) is 0 Å². The van der Waals surface area contributed by atoms with Crippen molar-refractivity contribution in [2.45, 2.75) is 18.6 Å². The van der Waals surface area contributed by atoms with Gasteiger partial charge in [0.25, 0.3) is 0 Å². The van der Waals surface area contributed by atoms with E-state index >= 15 is 0 Å². The SMILES string of the molecule is CCC1CN(c2nc3ccccc3cc2C(N)=S)CCS1. The van der Waals surface area contributed by atoms with E-state index in [0.717, 1.165) is 41.1 Å². The fourth-order valence-corrected chi connectivity index (χ4v) is 4.02. The molecule has 1 unspecified atom stereocenters. The van der Waals surface area contributed by atoms with Gasteiger partial charge >= 0.3 is 0 Å². The van der Waals surface area contributed by atoms with Gasteiger partial charge in [0.1, 0.15) is 10.8 Å². The molecule has 1 saturated heterocycles. The largest absolute Gasteiger partial charge is 0.389 e. The molecule has 1 aliphatic rings. The van der Waals surface area contributed by atoms with E-state index in [-0.39, 0.29) is 0 Å². The van der Waals surface area contributed by atoms with Gasteiger partial charge in [-0.05, 0) is 18.6 Å². The van der Waals surface area contributed by atoms with Gasteiger partial charge in [-0.2, -0.15) is 11.8 Å². The molecule has 1 aromatic carbocycles. The van der Waals surface area contributed by atoms with Crippen LogP contribution in [0.3, 0.4) is 0 Å². The van der Waals surface area contributed by atoms with Crippen molar-refractivity contribution in [2.24, 2.45) is 5.73 Å². The number of fused-ring (bicyclic) bond motifs is 1. The third-order valence-corrected chi connectivity index (χ3v) is 5.45. The third-order valence-electron chi connectivity index (χ3n) is 3.86. The van der Waals surface area contributed by atoms with Crippen LogP contribution in [-0.4, -0.2) is 34.1 Å². The van der Waals surface area contributed by atoms with Crippen molar-refractivity contribution in [3.63, 3.8) is 0 Å². The summed E-state index contributed by atoms with van der Waals surface area (Å²) in [5.74, 6) is 2.07. The summed E-state index contributed by atoms with van der Waals surface area (Å²) in [4.78, 5) is 7.60. The molecule has 5 heteroatoms. The summed E-state index contributed by atoms with van der Waals surface area (Å²) in [7, 11) is 0. The topological polar surface area (TPSA) is 42.2 Å². The van der Waals surface area contributed by atoms with Crippen LogP contribution in [0, 0.1) is 0 Å². The lowest BCUT2D eigenvalue weighted by atomic mass is 10.1. The predicted molar refractivity (Wildman–Crippen MR) is 96.4 cm³/mol. The summed E-state index contributed by atoms with van der Waals surface area (Å²) >= 11 is 7.29. The molecule has 1 aromatic heterocycles. The average molecular weight is 317 g/mol. The number of aromatic nitrogens is 1. The minimum absolute atomic E-state index is 0.425. The van der Waals surface area contributed by atoms with Crippen LogP contribution in [-0.2, 0) is 0 Å². The molecule has 0 amide bonds. The van der Waals surface area contributed by atoms with Gasteiger partial charge in [-0.25, -0.2) is 4.98 Å². The van der Waals surface area contributed by atoms with Crippen molar-refractivity contribution in [3.8, 4) is 0 Å². The number of nitrogens with zero attached hydrogens (tertiary/aromatic N) is 2. The van der Waals surface area contributed by atoms with Gasteiger partial charge in [-0.3, -0.25) is 0 Å². The molecular formula is C16H19N3S2. The highest BCUT2D eigenvalue weighted by atomic mass is 32.2. The fourth-order valence-electron chi connectivity index (χ4n) is 2.69. The molecule has 0 radical (unpaired) electrons. The summed E-state index contributed by atoms with van der Waals surface area (Å²) < 4.78 is 0. The lowest BCUT2D eigenvalue weighted by Crippen LogP contribution is -2.39. The lowest BCUT2D eigenvalue weighted by molar-refractivity contribution is 0.721. The maximum atomic E-state index is 5.94. The number of thioether (sulfide) groups is 1. The van der Waals surface area contributed by atoms with Crippen molar-refractivity contribution in [1.82, 2.24) is 4.98 Å². The van der Waals surface area contributed by atoms with E-state index < -0.39 is 0 Å². The Balaban J connectivity index is 2.07. The van der Waals surface area contributed by atoms with Crippen LogP contribution in [0.25, 0.3) is 10.9 Å². The quantitative estimate of drug-likeness (QED) is 0.881. The molecule has 1 fully saturated rings. The molecule has 1 aliphatic heterocycles. The first-order chi connectivity index (χ1) is 10.2. The van der Waals surface area contributed by atoms with Crippen molar-refractivity contribution >= 4 is 45.7 Å². The van der Waals surface area contributed by atoms with Gasteiger partial charge in [0.2, 0.25) is 0 Å². The molecular weight excluding hydrogens is 298 g/mol. The second-order valence-corrected chi connectivity index (χ2v) is 7.11. The Kier molecular flexibility index (Phi) is 4.31. The Labute approximate surface area is 134 Å². The Bertz CT molecular complexity index is 672. The molecule has 21 heavy (non-hydrogen) atoms. The molecule has 2 N–H and O–H groups in total. The zero-order chi connectivity index (χ0) is 14.8. The molecule has 3 nitrogen and oxygen atoms in total. The summed E-state index contributed by atoms with van der Waals surface area (Å²) in [6, 6.07) is 10.2. The molecule has 0 spiro atoms. The lowest BCUT2D eigenvalue weighted by Gasteiger charge is -2.34. The highest BCUT2D eigenvalue weighted by Crippen LogP contribution is 2.29. The first-order valence-electron chi connectivity index (χ1n) is 7.25. The highest BCUT2D eigenvalue weighted by molar-refractivity contribution is 8.00. The van der Waals surface area contributed by atoms with Gasteiger partial charge in [-0.15, -0.1) is 0 Å². The van der Waals surface area contributed by atoms with E-state index in [1.54, 1.807) is 0 Å². The Hall–Kier alpha value is -1.33. The number of anilines is 1. The number of thiocarbonyl (C=S) groups is 1. The Morgan fingerprint density at radius 3 is 3.05 bits per heavy atom. The summed E-state index contributed by atoms with van der Waals surface area (Å²) in [5, 5.41) is 1.74. The summed E-state index contributed by atoms with van der Waals surface area (Å²) in [5.41, 5.74) is 7.83. The van der Waals surface area contributed by atoms with Crippen molar-refractivity contribution < 1.29 is 0 Å². The number of hydrogen-bond acceptors (Lipinski definition) is 4. The second kappa shape index (κ2) is 6.20. The number of nitrogens with two attached hydrogens (primary N) is 1. The molecule has 0 bridgehead atoms. The minimum atomic E-state index is 0.425. The number of benzene rings is 1. The van der Waals surface area contributed by atoms with Crippen LogP contribution in [0.15, 0.2) is 30.3 Å². The standard InChI is InChI=1S/C16H19N3S2/c1-2-12-10-19(7-8-21-12)16-13(15(17)20)9-11-5-3-4-6-14(11)18-16/h3-6,9,12H,2,7-8,10H2,1H3,(H2,17,20). The van der Waals surface area contributed by atoms with Crippen LogP contribution in [0.2, 0.25) is 0 Å². The first-order valence-corrected chi connectivity index (χ1v) is 8.71. The zero-order valence-electron chi connectivity index (χ0n) is 12.1. The van der Waals surface area contributed by atoms with Crippen LogP contribution in [0.1, 0.15) is 18.9 Å². The van der Waals surface area contributed by atoms with E-state index in [0.29, 0.717) is 10.2 Å². The van der Waals surface area contributed by atoms with Crippen molar-refractivity contribution in [3.05, 3.63) is 35.9 Å². The van der Waals surface area contributed by atoms with Crippen molar-refractivity contribution in [1.29, 1.82) is 0 Å². The van der Waals surface area contributed by atoms with E-state index in [1.165, 1.54) is 6.42 Å². The Morgan fingerprint density at radius 1 is 1.48 bits per heavy atom. The van der Waals surface area contributed by atoms with Crippen molar-refractivity contribution in [2.75, 3.05) is 23.7 Å². The van der Waals surface area contributed by atoms with Crippen LogP contribution in [0.4, 0.5) is 5.82 Å². The smallest absolute Gasteiger partial charge is 0.139 e. The molecule has 0 aliphatic carbocycles. The van der Waals surface area contributed by atoms with Gasteiger partial charge in [0.15, 0.2) is 0 Å². The van der Waals surface area contributed by atoms with E-state index in [4.69, 9.17) is 22.9 Å². The monoisotopic (exact) mass is 317 g/mol. The number of hydrogen-bond donors (Lipinski definition) is 1. The first kappa shape index (κ1) is 14.6. The number of pyridine rings is 1. The molecule has 2 aromatic rings. The summed E-state index contributed by atoms with van der Waals surface area (Å²) in [6.07, 6.45) is 1.18. The van der Waals surface area contributed by atoms with E-state index in [9.17, 15) is 0 Å². The van der Waals surface area contributed by atoms with Gasteiger partial charge in [-0.1, -0.05) is 37.3 Å².